The van der Waals surface area contributed by atoms with E-state index in [1.807, 2.05) is 12.2 Å². The SMILES string of the molecule is O=C(Nc1ccccc1C(F)(F)F)c1ccc(N2C(=O)[C@H]3CC=CC[C@H]3C2=O)cc1. The fourth-order valence-electron chi connectivity index (χ4n) is 3.85. The Kier molecular flexibility index (Phi) is 4.93. The smallest absolute Gasteiger partial charge is 0.321 e. The zero-order valence-electron chi connectivity index (χ0n) is 15.6. The number of rotatable bonds is 3. The van der Waals surface area contributed by atoms with Crippen molar-refractivity contribution in [3.8, 4) is 0 Å². The minimum absolute atomic E-state index is 0.105. The number of carbonyl (C=O) groups excluding carboxylic acids is 3. The highest BCUT2D eigenvalue weighted by atomic mass is 19.4. The highest BCUT2D eigenvalue weighted by Crippen LogP contribution is 2.38. The molecule has 2 aromatic rings. The van der Waals surface area contributed by atoms with E-state index in [-0.39, 0.29) is 34.9 Å². The molecule has 1 aliphatic carbocycles. The largest absolute Gasteiger partial charge is 0.418 e. The number of nitrogens with zero attached hydrogens (tertiary/aromatic N) is 1. The van der Waals surface area contributed by atoms with Gasteiger partial charge in [-0.3, -0.25) is 19.3 Å². The summed E-state index contributed by atoms with van der Waals surface area (Å²) in [6, 6.07) is 10.3. The number of alkyl halides is 3. The molecule has 0 aromatic heterocycles. The first-order valence-corrected chi connectivity index (χ1v) is 9.38. The van der Waals surface area contributed by atoms with Crippen molar-refractivity contribution in [3.05, 3.63) is 71.8 Å². The summed E-state index contributed by atoms with van der Waals surface area (Å²) in [6.07, 6.45) is 0.218. The zero-order valence-corrected chi connectivity index (χ0v) is 15.6. The average molecular weight is 414 g/mol. The number of nitrogens with one attached hydrogen (secondary N) is 1. The van der Waals surface area contributed by atoms with Gasteiger partial charge in [-0.2, -0.15) is 13.2 Å². The molecule has 0 spiro atoms. The van der Waals surface area contributed by atoms with Gasteiger partial charge >= 0.3 is 6.18 Å². The first-order chi connectivity index (χ1) is 14.3. The topological polar surface area (TPSA) is 66.5 Å². The summed E-state index contributed by atoms with van der Waals surface area (Å²) in [5.41, 5.74) is -0.847. The molecule has 1 saturated heterocycles. The van der Waals surface area contributed by atoms with Gasteiger partial charge in [0.25, 0.3) is 5.91 Å². The minimum atomic E-state index is -4.60. The first kappa shape index (κ1) is 19.9. The van der Waals surface area contributed by atoms with Crippen molar-refractivity contribution in [1.82, 2.24) is 0 Å². The quantitative estimate of drug-likeness (QED) is 0.598. The summed E-state index contributed by atoms with van der Waals surface area (Å²) in [7, 11) is 0. The number of anilines is 2. The number of hydrogen-bond acceptors (Lipinski definition) is 3. The van der Waals surface area contributed by atoms with Crippen LogP contribution in [-0.4, -0.2) is 17.7 Å². The predicted octanol–water partition coefficient (Wildman–Crippen LogP) is 4.41. The molecule has 0 unspecified atom stereocenters. The number of halogens is 3. The summed E-state index contributed by atoms with van der Waals surface area (Å²) >= 11 is 0. The number of imide groups is 1. The molecule has 3 amide bonds. The molecule has 2 atom stereocenters. The number of amides is 3. The maximum atomic E-state index is 13.1. The van der Waals surface area contributed by atoms with Crippen LogP contribution in [0.15, 0.2) is 60.7 Å². The van der Waals surface area contributed by atoms with Crippen molar-refractivity contribution < 1.29 is 27.6 Å². The normalized spacial score (nSPS) is 21.0. The second-order valence-corrected chi connectivity index (χ2v) is 7.21. The van der Waals surface area contributed by atoms with Crippen molar-refractivity contribution in [2.45, 2.75) is 19.0 Å². The van der Waals surface area contributed by atoms with Crippen molar-refractivity contribution in [2.24, 2.45) is 11.8 Å². The van der Waals surface area contributed by atoms with Crippen molar-refractivity contribution in [2.75, 3.05) is 10.2 Å². The maximum Gasteiger partial charge on any atom is 0.418 e. The van der Waals surface area contributed by atoms with Crippen molar-refractivity contribution in [1.29, 1.82) is 0 Å². The van der Waals surface area contributed by atoms with Crippen LogP contribution in [0.5, 0.6) is 0 Å². The maximum absolute atomic E-state index is 13.1. The van der Waals surface area contributed by atoms with E-state index in [0.29, 0.717) is 18.5 Å². The van der Waals surface area contributed by atoms with Crippen LogP contribution >= 0.6 is 0 Å². The molecular formula is C22H17F3N2O3. The van der Waals surface area contributed by atoms with Crippen LogP contribution in [0.4, 0.5) is 24.5 Å². The summed E-state index contributed by atoms with van der Waals surface area (Å²) in [4.78, 5) is 38.8. The Balaban J connectivity index is 1.53. The van der Waals surface area contributed by atoms with Gasteiger partial charge in [0.1, 0.15) is 0 Å². The molecule has 0 saturated carbocycles. The Labute approximate surface area is 170 Å². The minimum Gasteiger partial charge on any atom is -0.321 e. The summed E-state index contributed by atoms with van der Waals surface area (Å²) in [6.45, 7) is 0. The van der Waals surface area contributed by atoms with Crippen LogP contribution in [0.25, 0.3) is 0 Å². The Morgan fingerprint density at radius 2 is 1.47 bits per heavy atom. The highest BCUT2D eigenvalue weighted by Gasteiger charge is 2.47. The van der Waals surface area contributed by atoms with Gasteiger partial charge in [0.2, 0.25) is 11.8 Å². The molecule has 2 aliphatic rings. The molecule has 4 rings (SSSR count). The van der Waals surface area contributed by atoms with E-state index >= 15 is 0 Å². The molecule has 1 heterocycles. The van der Waals surface area contributed by atoms with Crippen LogP contribution in [0.2, 0.25) is 0 Å². The Morgan fingerprint density at radius 1 is 0.900 bits per heavy atom. The molecule has 1 fully saturated rings. The van der Waals surface area contributed by atoms with E-state index in [2.05, 4.69) is 5.32 Å². The van der Waals surface area contributed by atoms with Gasteiger partial charge in [-0.1, -0.05) is 24.3 Å². The van der Waals surface area contributed by atoms with E-state index in [0.717, 1.165) is 11.0 Å². The molecule has 154 valence electrons. The lowest BCUT2D eigenvalue weighted by molar-refractivity contribution is -0.137. The summed E-state index contributed by atoms with van der Waals surface area (Å²) in [5, 5.41) is 2.27. The number of benzene rings is 2. The fourth-order valence-corrected chi connectivity index (χ4v) is 3.85. The van der Waals surface area contributed by atoms with Crippen LogP contribution < -0.4 is 10.2 Å². The number of hydrogen-bond donors (Lipinski definition) is 1. The lowest BCUT2D eigenvalue weighted by Gasteiger charge is -2.16. The van der Waals surface area contributed by atoms with Gasteiger partial charge < -0.3 is 5.32 Å². The molecule has 1 aliphatic heterocycles. The van der Waals surface area contributed by atoms with Crippen LogP contribution in [0, 0.1) is 11.8 Å². The van der Waals surface area contributed by atoms with Crippen LogP contribution in [0.3, 0.4) is 0 Å². The molecule has 0 radical (unpaired) electrons. The van der Waals surface area contributed by atoms with E-state index in [1.54, 1.807) is 0 Å². The number of para-hydroxylation sites is 1. The van der Waals surface area contributed by atoms with Crippen LogP contribution in [-0.2, 0) is 15.8 Å². The lowest BCUT2D eigenvalue weighted by atomic mass is 9.85. The zero-order chi connectivity index (χ0) is 21.5. The van der Waals surface area contributed by atoms with Gasteiger partial charge in [-0.15, -0.1) is 0 Å². The van der Waals surface area contributed by atoms with Gasteiger partial charge in [0, 0.05) is 5.56 Å². The third-order valence-electron chi connectivity index (χ3n) is 5.38. The molecule has 8 heteroatoms. The van der Waals surface area contributed by atoms with Gasteiger partial charge in [0.05, 0.1) is 28.8 Å². The Morgan fingerprint density at radius 3 is 2.03 bits per heavy atom. The van der Waals surface area contributed by atoms with Crippen molar-refractivity contribution in [3.63, 3.8) is 0 Å². The molecule has 0 bridgehead atoms. The van der Waals surface area contributed by atoms with Crippen LogP contribution in [0.1, 0.15) is 28.8 Å². The number of fused-ring (bicyclic) bond motifs is 1. The molecule has 1 N–H and O–H groups in total. The number of carbonyl (C=O) groups is 3. The molecular weight excluding hydrogens is 397 g/mol. The van der Waals surface area contributed by atoms with E-state index in [9.17, 15) is 27.6 Å². The molecule has 30 heavy (non-hydrogen) atoms. The Bertz CT molecular complexity index is 1020. The summed E-state index contributed by atoms with van der Waals surface area (Å²) < 4.78 is 39.3. The van der Waals surface area contributed by atoms with E-state index < -0.39 is 17.6 Å². The average Bonchev–Trinajstić information content (AvgIpc) is 2.98. The fraction of sp³-hybridized carbons (Fsp3) is 0.227. The van der Waals surface area contributed by atoms with Gasteiger partial charge in [-0.05, 0) is 49.2 Å². The second kappa shape index (κ2) is 7.44. The predicted molar refractivity (Wildman–Crippen MR) is 104 cm³/mol. The Hall–Kier alpha value is -3.42. The second-order valence-electron chi connectivity index (χ2n) is 7.21. The third kappa shape index (κ3) is 3.49. The van der Waals surface area contributed by atoms with E-state index in [4.69, 9.17) is 0 Å². The molecule has 2 aromatic carbocycles. The molecule has 5 nitrogen and oxygen atoms in total. The standard InChI is InChI=1S/C22H17F3N2O3/c23-22(24,25)17-7-3-4-8-18(17)26-19(28)13-9-11-14(12-10-13)27-20(29)15-5-1-2-6-16(15)21(27)30/h1-4,7-12,15-16H,5-6H2,(H,26,28)/t15-,16+. The lowest BCUT2D eigenvalue weighted by Crippen LogP contribution is -2.30. The highest BCUT2D eigenvalue weighted by molar-refractivity contribution is 6.22. The first-order valence-electron chi connectivity index (χ1n) is 9.38. The van der Waals surface area contributed by atoms with E-state index in [1.165, 1.54) is 42.5 Å². The number of allylic oxidation sites excluding steroid dienone is 2. The monoisotopic (exact) mass is 414 g/mol. The summed E-state index contributed by atoms with van der Waals surface area (Å²) in [5.74, 6) is -2.01. The van der Waals surface area contributed by atoms with Gasteiger partial charge in [0.15, 0.2) is 0 Å². The van der Waals surface area contributed by atoms with Crippen molar-refractivity contribution >= 4 is 29.1 Å². The third-order valence-corrected chi connectivity index (χ3v) is 5.38. The van der Waals surface area contributed by atoms with Gasteiger partial charge in [-0.25, -0.2) is 0 Å².